The number of thioether (sulfide) groups is 1. The van der Waals surface area contributed by atoms with Gasteiger partial charge in [-0.15, -0.1) is 0 Å². The largest absolute Gasteiger partial charge is 0.353 e. The van der Waals surface area contributed by atoms with Crippen molar-refractivity contribution in [2.75, 3.05) is 5.75 Å². The van der Waals surface area contributed by atoms with Gasteiger partial charge in [-0.1, -0.05) is 54.8 Å². The topological polar surface area (TPSA) is 54.9 Å². The molecule has 0 radical (unpaired) electrons. The van der Waals surface area contributed by atoms with Crippen LogP contribution in [0, 0.1) is 0 Å². The number of hydrogen-bond acceptors (Lipinski definition) is 5. The summed E-state index contributed by atoms with van der Waals surface area (Å²) in [5, 5.41) is 3.75. The second-order valence-corrected chi connectivity index (χ2v) is 7.94. The lowest BCUT2D eigenvalue weighted by molar-refractivity contribution is -0.119. The smallest absolute Gasteiger partial charge is 0.230 e. The third kappa shape index (κ3) is 4.68. The summed E-state index contributed by atoms with van der Waals surface area (Å²) in [6.45, 7) is 0. The number of amides is 1. The lowest BCUT2D eigenvalue weighted by Crippen LogP contribution is -2.37. The van der Waals surface area contributed by atoms with Crippen molar-refractivity contribution < 1.29 is 4.79 Å². The highest BCUT2D eigenvalue weighted by molar-refractivity contribution is 8.01. The molecular formula is C16H18ClN3OS2. The number of halogens is 1. The molecule has 1 aromatic heterocycles. The quantitative estimate of drug-likeness (QED) is 0.796. The number of benzene rings is 1. The number of aromatic nitrogens is 2. The van der Waals surface area contributed by atoms with Crippen LogP contribution in [-0.4, -0.2) is 27.1 Å². The fourth-order valence-electron chi connectivity index (χ4n) is 2.66. The van der Waals surface area contributed by atoms with E-state index in [9.17, 15) is 4.79 Å². The van der Waals surface area contributed by atoms with Crippen molar-refractivity contribution in [2.24, 2.45) is 0 Å². The number of rotatable bonds is 5. The molecule has 0 spiro atoms. The van der Waals surface area contributed by atoms with Crippen LogP contribution in [-0.2, 0) is 4.79 Å². The zero-order valence-electron chi connectivity index (χ0n) is 12.6. The summed E-state index contributed by atoms with van der Waals surface area (Å²) in [6.07, 6.45) is 5.93. The summed E-state index contributed by atoms with van der Waals surface area (Å²) in [4.78, 5) is 16.5. The Bertz CT molecular complexity index is 671. The Kier molecular flexibility index (Phi) is 5.91. The van der Waals surface area contributed by atoms with Crippen molar-refractivity contribution in [1.29, 1.82) is 0 Å². The van der Waals surface area contributed by atoms with Crippen LogP contribution in [0.1, 0.15) is 32.1 Å². The van der Waals surface area contributed by atoms with E-state index in [2.05, 4.69) is 14.7 Å². The zero-order chi connectivity index (χ0) is 16.1. The minimum absolute atomic E-state index is 0.0800. The summed E-state index contributed by atoms with van der Waals surface area (Å²) < 4.78 is 5.12. The Hall–Kier alpha value is -1.11. The van der Waals surface area contributed by atoms with Crippen LogP contribution in [0.25, 0.3) is 11.4 Å². The van der Waals surface area contributed by atoms with E-state index in [1.54, 1.807) is 0 Å². The highest BCUT2D eigenvalue weighted by Crippen LogP contribution is 2.29. The maximum atomic E-state index is 12.0. The Morgan fingerprint density at radius 3 is 2.87 bits per heavy atom. The molecule has 122 valence electrons. The molecule has 1 aromatic carbocycles. The van der Waals surface area contributed by atoms with Gasteiger partial charge in [-0.3, -0.25) is 4.79 Å². The fraction of sp³-hybridized carbons (Fsp3) is 0.438. The first kappa shape index (κ1) is 16.7. The average molecular weight is 368 g/mol. The highest BCUT2D eigenvalue weighted by atomic mass is 35.5. The molecule has 7 heteroatoms. The number of hydrogen-bond donors (Lipinski definition) is 1. The Morgan fingerprint density at radius 1 is 1.30 bits per heavy atom. The number of nitrogens with zero attached hydrogens (tertiary/aromatic N) is 2. The van der Waals surface area contributed by atoms with E-state index in [1.807, 2.05) is 24.3 Å². The SMILES string of the molecule is O=C(CSc1nc(-c2ccccc2Cl)ns1)NC1CCCCC1. The van der Waals surface area contributed by atoms with Crippen molar-refractivity contribution in [3.8, 4) is 11.4 Å². The standard InChI is InChI=1S/C16H18ClN3OS2/c17-13-9-5-4-8-12(13)15-19-16(23-20-15)22-10-14(21)18-11-6-2-1-3-7-11/h4-5,8-9,11H,1-3,6-7,10H2,(H,18,21). The van der Waals surface area contributed by atoms with Gasteiger partial charge in [-0.2, -0.15) is 4.37 Å². The zero-order valence-corrected chi connectivity index (χ0v) is 15.0. The summed E-state index contributed by atoms with van der Waals surface area (Å²) in [7, 11) is 0. The Morgan fingerprint density at radius 2 is 2.09 bits per heavy atom. The molecule has 0 atom stereocenters. The van der Waals surface area contributed by atoms with E-state index in [0.717, 1.165) is 22.7 Å². The van der Waals surface area contributed by atoms with Gasteiger partial charge in [0.2, 0.25) is 5.91 Å². The van der Waals surface area contributed by atoms with Gasteiger partial charge < -0.3 is 5.32 Å². The van der Waals surface area contributed by atoms with Gasteiger partial charge in [0.1, 0.15) is 0 Å². The predicted octanol–water partition coefficient (Wildman–Crippen LogP) is 4.40. The maximum Gasteiger partial charge on any atom is 0.230 e. The van der Waals surface area contributed by atoms with Crippen LogP contribution in [0.15, 0.2) is 28.6 Å². The predicted molar refractivity (Wildman–Crippen MR) is 96.1 cm³/mol. The molecule has 1 aliphatic carbocycles. The van der Waals surface area contributed by atoms with E-state index in [-0.39, 0.29) is 5.91 Å². The van der Waals surface area contributed by atoms with Crippen LogP contribution < -0.4 is 5.32 Å². The molecule has 0 aliphatic heterocycles. The molecule has 3 rings (SSSR count). The number of carbonyl (C=O) groups is 1. The van der Waals surface area contributed by atoms with Crippen molar-refractivity contribution >= 4 is 40.8 Å². The number of nitrogens with one attached hydrogen (secondary N) is 1. The van der Waals surface area contributed by atoms with E-state index in [0.29, 0.717) is 22.6 Å². The molecule has 0 bridgehead atoms. The molecule has 1 aliphatic rings. The van der Waals surface area contributed by atoms with Crippen molar-refractivity contribution in [2.45, 2.75) is 42.5 Å². The molecule has 1 amide bonds. The summed E-state index contributed by atoms with van der Waals surface area (Å²) in [5.74, 6) is 1.08. The van der Waals surface area contributed by atoms with Crippen LogP contribution in [0.4, 0.5) is 0 Å². The van der Waals surface area contributed by atoms with Gasteiger partial charge in [0, 0.05) is 11.6 Å². The normalized spacial score (nSPS) is 15.5. The fourth-order valence-corrected chi connectivity index (χ4v) is 4.30. The molecule has 2 aromatic rings. The van der Waals surface area contributed by atoms with Crippen LogP contribution >= 0.6 is 34.9 Å². The molecule has 4 nitrogen and oxygen atoms in total. The Labute approximate surface area is 149 Å². The van der Waals surface area contributed by atoms with Crippen LogP contribution in [0.2, 0.25) is 5.02 Å². The molecule has 1 saturated carbocycles. The first-order valence-corrected chi connectivity index (χ1v) is 9.87. The van der Waals surface area contributed by atoms with Crippen LogP contribution in [0.5, 0.6) is 0 Å². The third-order valence-corrected chi connectivity index (χ3v) is 5.98. The molecule has 1 fully saturated rings. The second kappa shape index (κ2) is 8.13. The Balaban J connectivity index is 1.53. The monoisotopic (exact) mass is 367 g/mol. The van der Waals surface area contributed by atoms with Crippen molar-refractivity contribution in [3.63, 3.8) is 0 Å². The second-order valence-electron chi connectivity index (χ2n) is 5.55. The molecule has 1 heterocycles. The summed E-state index contributed by atoms with van der Waals surface area (Å²) in [5.41, 5.74) is 0.823. The molecule has 0 unspecified atom stereocenters. The molecule has 1 N–H and O–H groups in total. The highest BCUT2D eigenvalue weighted by Gasteiger charge is 2.16. The van der Waals surface area contributed by atoms with E-state index < -0.39 is 0 Å². The van der Waals surface area contributed by atoms with E-state index >= 15 is 0 Å². The van der Waals surface area contributed by atoms with E-state index in [1.165, 1.54) is 42.6 Å². The first-order valence-electron chi connectivity index (χ1n) is 7.73. The van der Waals surface area contributed by atoms with Gasteiger partial charge in [-0.05, 0) is 36.5 Å². The summed E-state index contributed by atoms with van der Waals surface area (Å²) in [6, 6.07) is 7.86. The van der Waals surface area contributed by atoms with Gasteiger partial charge in [0.25, 0.3) is 0 Å². The van der Waals surface area contributed by atoms with Gasteiger partial charge in [-0.25, -0.2) is 4.98 Å². The van der Waals surface area contributed by atoms with E-state index in [4.69, 9.17) is 11.6 Å². The third-order valence-electron chi connectivity index (χ3n) is 3.82. The first-order chi connectivity index (χ1) is 11.2. The lowest BCUT2D eigenvalue weighted by atomic mass is 9.95. The maximum absolute atomic E-state index is 12.0. The molecule has 23 heavy (non-hydrogen) atoms. The van der Waals surface area contributed by atoms with Crippen molar-refractivity contribution in [1.82, 2.24) is 14.7 Å². The average Bonchev–Trinajstić information content (AvgIpc) is 3.03. The molecule has 0 saturated heterocycles. The van der Waals surface area contributed by atoms with Crippen LogP contribution in [0.3, 0.4) is 0 Å². The van der Waals surface area contributed by atoms with Gasteiger partial charge in [0.15, 0.2) is 10.2 Å². The van der Waals surface area contributed by atoms with Crippen molar-refractivity contribution in [3.05, 3.63) is 29.3 Å². The molecular weight excluding hydrogens is 350 g/mol. The lowest BCUT2D eigenvalue weighted by Gasteiger charge is -2.22. The minimum atomic E-state index is 0.0800. The number of carbonyl (C=O) groups excluding carboxylic acids is 1. The van der Waals surface area contributed by atoms with Gasteiger partial charge in [0.05, 0.1) is 10.8 Å². The summed E-state index contributed by atoms with van der Waals surface area (Å²) >= 11 is 8.89. The van der Waals surface area contributed by atoms with Gasteiger partial charge >= 0.3 is 0 Å². The minimum Gasteiger partial charge on any atom is -0.353 e.